The minimum absolute atomic E-state index is 0.460. The van der Waals surface area contributed by atoms with Crippen molar-refractivity contribution in [2.45, 2.75) is 25.8 Å². The summed E-state index contributed by atoms with van der Waals surface area (Å²) in [6.45, 7) is 5.38. The van der Waals surface area contributed by atoms with Gasteiger partial charge in [-0.15, -0.1) is 0 Å². The molecule has 2 nitrogen and oxygen atoms in total. The first-order valence-corrected chi connectivity index (χ1v) is 6.78. The van der Waals surface area contributed by atoms with Gasteiger partial charge in [-0.25, -0.2) is 0 Å². The predicted molar refractivity (Wildman–Crippen MR) is 73.2 cm³/mol. The Morgan fingerprint density at radius 3 is 2.76 bits per heavy atom. The van der Waals surface area contributed by atoms with E-state index in [1.54, 1.807) is 0 Å². The zero-order chi connectivity index (χ0) is 12.3. The lowest BCUT2D eigenvalue weighted by atomic mass is 9.95. The molecule has 1 aromatic carbocycles. The molecule has 0 aliphatic carbocycles. The third kappa shape index (κ3) is 3.21. The molecule has 17 heavy (non-hydrogen) atoms. The Hall–Kier alpha value is -0.570. The number of halogens is 1. The molecule has 0 aromatic heterocycles. The molecular weight excluding hydrogens is 232 g/mol. The first-order valence-electron chi connectivity index (χ1n) is 6.40. The molecule has 2 rings (SSSR count). The molecule has 94 valence electrons. The van der Waals surface area contributed by atoms with E-state index in [1.165, 1.54) is 24.9 Å². The summed E-state index contributed by atoms with van der Waals surface area (Å²) < 4.78 is 0. The van der Waals surface area contributed by atoms with Crippen molar-refractivity contribution in [1.82, 2.24) is 4.90 Å². The van der Waals surface area contributed by atoms with Crippen molar-refractivity contribution in [3.8, 4) is 0 Å². The highest BCUT2D eigenvalue weighted by Gasteiger charge is 2.23. The van der Waals surface area contributed by atoms with E-state index in [0.717, 1.165) is 18.1 Å². The standard InChI is InChI=1S/C14H21ClN2/c1-11(13-4-6-14(15)7-5-13)17-8-2-3-12(9-16)10-17/h4-7,11-12H,2-3,8-10,16H2,1H3. The van der Waals surface area contributed by atoms with Gasteiger partial charge in [0.2, 0.25) is 0 Å². The van der Waals surface area contributed by atoms with E-state index >= 15 is 0 Å². The Morgan fingerprint density at radius 2 is 2.12 bits per heavy atom. The molecule has 1 aliphatic rings. The molecule has 2 N–H and O–H groups in total. The van der Waals surface area contributed by atoms with Crippen LogP contribution in [0.15, 0.2) is 24.3 Å². The maximum absolute atomic E-state index is 5.92. The van der Waals surface area contributed by atoms with Gasteiger partial charge in [0.1, 0.15) is 0 Å². The first kappa shape index (κ1) is 12.9. The third-order valence-corrected chi connectivity index (χ3v) is 4.04. The van der Waals surface area contributed by atoms with Crippen LogP contribution in [0.1, 0.15) is 31.4 Å². The fourth-order valence-electron chi connectivity index (χ4n) is 2.59. The second-order valence-corrected chi connectivity index (χ2v) is 5.40. The lowest BCUT2D eigenvalue weighted by Crippen LogP contribution is -2.39. The maximum atomic E-state index is 5.92. The Morgan fingerprint density at radius 1 is 1.41 bits per heavy atom. The molecule has 0 radical (unpaired) electrons. The SMILES string of the molecule is CC(c1ccc(Cl)cc1)N1CCCC(CN)C1. The van der Waals surface area contributed by atoms with E-state index in [4.69, 9.17) is 17.3 Å². The highest BCUT2D eigenvalue weighted by atomic mass is 35.5. The molecule has 3 heteroatoms. The van der Waals surface area contributed by atoms with E-state index in [0.29, 0.717) is 12.0 Å². The number of benzene rings is 1. The number of piperidine rings is 1. The van der Waals surface area contributed by atoms with Gasteiger partial charge in [-0.05, 0) is 56.5 Å². The molecule has 2 atom stereocenters. The maximum Gasteiger partial charge on any atom is 0.0406 e. The molecular formula is C14H21ClN2. The summed E-state index contributed by atoms with van der Waals surface area (Å²) in [7, 11) is 0. The summed E-state index contributed by atoms with van der Waals surface area (Å²) in [6, 6.07) is 8.65. The summed E-state index contributed by atoms with van der Waals surface area (Å²) in [5.41, 5.74) is 7.12. The highest BCUT2D eigenvalue weighted by molar-refractivity contribution is 6.30. The largest absolute Gasteiger partial charge is 0.330 e. The van der Waals surface area contributed by atoms with E-state index in [2.05, 4.69) is 24.0 Å². The van der Waals surface area contributed by atoms with Crippen LogP contribution in [0.4, 0.5) is 0 Å². The molecule has 0 saturated carbocycles. The Kier molecular flexibility index (Phi) is 4.43. The smallest absolute Gasteiger partial charge is 0.0406 e. The third-order valence-electron chi connectivity index (χ3n) is 3.78. The van der Waals surface area contributed by atoms with Crippen LogP contribution in [0.2, 0.25) is 5.02 Å². The van der Waals surface area contributed by atoms with E-state index in [1.807, 2.05) is 12.1 Å². The van der Waals surface area contributed by atoms with Crippen LogP contribution in [0.25, 0.3) is 0 Å². The lowest BCUT2D eigenvalue weighted by molar-refractivity contribution is 0.134. The van der Waals surface area contributed by atoms with Crippen LogP contribution >= 0.6 is 11.6 Å². The molecule has 1 aromatic rings. The number of rotatable bonds is 3. The average Bonchev–Trinajstić information content (AvgIpc) is 2.39. The summed E-state index contributed by atoms with van der Waals surface area (Å²) >= 11 is 5.92. The minimum Gasteiger partial charge on any atom is -0.330 e. The Bertz CT molecular complexity index is 350. The number of hydrogen-bond donors (Lipinski definition) is 1. The van der Waals surface area contributed by atoms with E-state index < -0.39 is 0 Å². The molecule has 0 amide bonds. The fraction of sp³-hybridized carbons (Fsp3) is 0.571. The molecule has 0 spiro atoms. The van der Waals surface area contributed by atoms with Crippen LogP contribution in [0.5, 0.6) is 0 Å². The summed E-state index contributed by atoms with van der Waals surface area (Å²) in [4.78, 5) is 2.53. The van der Waals surface area contributed by atoms with E-state index in [9.17, 15) is 0 Å². The van der Waals surface area contributed by atoms with Crippen LogP contribution in [-0.2, 0) is 0 Å². The van der Waals surface area contributed by atoms with Gasteiger partial charge in [0, 0.05) is 17.6 Å². The van der Waals surface area contributed by atoms with Crippen LogP contribution in [0, 0.1) is 5.92 Å². The second kappa shape index (κ2) is 5.85. The number of nitrogens with two attached hydrogens (primary N) is 1. The topological polar surface area (TPSA) is 29.3 Å². The summed E-state index contributed by atoms with van der Waals surface area (Å²) in [6.07, 6.45) is 2.54. The van der Waals surface area contributed by atoms with Crippen LogP contribution < -0.4 is 5.73 Å². The lowest BCUT2D eigenvalue weighted by Gasteiger charge is -2.36. The average molecular weight is 253 g/mol. The number of likely N-dealkylation sites (tertiary alicyclic amines) is 1. The molecule has 0 bridgehead atoms. The first-order chi connectivity index (χ1) is 8.20. The van der Waals surface area contributed by atoms with Gasteiger partial charge >= 0.3 is 0 Å². The quantitative estimate of drug-likeness (QED) is 0.896. The van der Waals surface area contributed by atoms with Crippen molar-refractivity contribution in [3.63, 3.8) is 0 Å². The zero-order valence-electron chi connectivity index (χ0n) is 10.4. The van der Waals surface area contributed by atoms with Crippen molar-refractivity contribution in [2.24, 2.45) is 11.7 Å². The Labute approximate surface area is 109 Å². The minimum atomic E-state index is 0.460. The zero-order valence-corrected chi connectivity index (χ0v) is 11.2. The van der Waals surface area contributed by atoms with Crippen molar-refractivity contribution in [2.75, 3.05) is 19.6 Å². The molecule has 1 saturated heterocycles. The van der Waals surface area contributed by atoms with Crippen molar-refractivity contribution >= 4 is 11.6 Å². The van der Waals surface area contributed by atoms with Gasteiger partial charge in [0.25, 0.3) is 0 Å². The summed E-state index contributed by atoms with van der Waals surface area (Å²) in [5.74, 6) is 0.665. The van der Waals surface area contributed by atoms with Gasteiger partial charge in [0.05, 0.1) is 0 Å². The number of nitrogens with zero attached hydrogens (tertiary/aromatic N) is 1. The van der Waals surface area contributed by atoms with Gasteiger partial charge < -0.3 is 5.73 Å². The molecule has 1 aliphatic heterocycles. The summed E-state index contributed by atoms with van der Waals surface area (Å²) in [5, 5.41) is 0.805. The van der Waals surface area contributed by atoms with E-state index in [-0.39, 0.29) is 0 Å². The van der Waals surface area contributed by atoms with Crippen LogP contribution in [0.3, 0.4) is 0 Å². The second-order valence-electron chi connectivity index (χ2n) is 4.97. The van der Waals surface area contributed by atoms with Gasteiger partial charge in [0.15, 0.2) is 0 Å². The van der Waals surface area contributed by atoms with Crippen molar-refractivity contribution < 1.29 is 0 Å². The number of hydrogen-bond acceptors (Lipinski definition) is 2. The molecule has 1 fully saturated rings. The highest BCUT2D eigenvalue weighted by Crippen LogP contribution is 2.26. The fourth-order valence-corrected chi connectivity index (χ4v) is 2.72. The molecule has 2 unspecified atom stereocenters. The van der Waals surface area contributed by atoms with Crippen molar-refractivity contribution in [3.05, 3.63) is 34.9 Å². The van der Waals surface area contributed by atoms with Crippen LogP contribution in [-0.4, -0.2) is 24.5 Å². The predicted octanol–water partition coefficient (Wildman–Crippen LogP) is 3.07. The normalized spacial score (nSPS) is 23.6. The van der Waals surface area contributed by atoms with Gasteiger partial charge in [-0.1, -0.05) is 23.7 Å². The van der Waals surface area contributed by atoms with Crippen molar-refractivity contribution in [1.29, 1.82) is 0 Å². The molecule has 1 heterocycles. The Balaban J connectivity index is 2.03. The van der Waals surface area contributed by atoms with Gasteiger partial charge in [-0.2, -0.15) is 0 Å². The monoisotopic (exact) mass is 252 g/mol. The van der Waals surface area contributed by atoms with Gasteiger partial charge in [-0.3, -0.25) is 4.90 Å².